The van der Waals surface area contributed by atoms with Crippen LogP contribution < -0.4 is 16.6 Å². The van der Waals surface area contributed by atoms with Crippen LogP contribution in [0.25, 0.3) is 16.6 Å². The molecular formula is C23H23N5O3. The van der Waals surface area contributed by atoms with E-state index in [2.05, 4.69) is 15.4 Å². The molecule has 8 heteroatoms. The third-order valence-corrected chi connectivity index (χ3v) is 5.38. The van der Waals surface area contributed by atoms with Crippen molar-refractivity contribution >= 4 is 16.8 Å². The third kappa shape index (κ3) is 3.92. The third-order valence-electron chi connectivity index (χ3n) is 5.38. The Hall–Kier alpha value is -3.94. The van der Waals surface area contributed by atoms with E-state index in [1.165, 1.54) is 10.1 Å². The van der Waals surface area contributed by atoms with Crippen molar-refractivity contribution in [2.75, 3.05) is 0 Å². The van der Waals surface area contributed by atoms with Crippen molar-refractivity contribution in [2.45, 2.75) is 33.4 Å². The van der Waals surface area contributed by atoms with Gasteiger partial charge in [-0.15, -0.1) is 0 Å². The zero-order valence-electron chi connectivity index (χ0n) is 17.5. The molecule has 0 aliphatic rings. The molecule has 0 bridgehead atoms. The van der Waals surface area contributed by atoms with E-state index < -0.39 is 11.2 Å². The van der Waals surface area contributed by atoms with Crippen LogP contribution in [0.3, 0.4) is 0 Å². The van der Waals surface area contributed by atoms with Crippen LogP contribution in [-0.2, 0) is 11.3 Å². The number of para-hydroxylation sites is 1. The zero-order valence-corrected chi connectivity index (χ0v) is 17.5. The maximum atomic E-state index is 12.7. The fourth-order valence-corrected chi connectivity index (χ4v) is 3.70. The first kappa shape index (κ1) is 20.3. The van der Waals surface area contributed by atoms with Crippen LogP contribution in [0.5, 0.6) is 0 Å². The van der Waals surface area contributed by atoms with Gasteiger partial charge in [0.25, 0.3) is 5.56 Å². The average Bonchev–Trinajstić information content (AvgIpc) is 3.13. The van der Waals surface area contributed by atoms with E-state index in [0.29, 0.717) is 10.9 Å². The van der Waals surface area contributed by atoms with E-state index in [9.17, 15) is 14.4 Å². The Balaban J connectivity index is 1.55. The molecule has 4 rings (SSSR count). The molecule has 0 saturated heterocycles. The van der Waals surface area contributed by atoms with E-state index in [4.69, 9.17) is 0 Å². The number of aromatic amines is 1. The first-order chi connectivity index (χ1) is 14.8. The molecule has 158 valence electrons. The molecule has 2 aromatic carbocycles. The molecule has 0 radical (unpaired) electrons. The Bertz CT molecular complexity index is 1380. The molecule has 0 spiro atoms. The Morgan fingerprint density at radius 1 is 1.10 bits per heavy atom. The van der Waals surface area contributed by atoms with Crippen LogP contribution in [0.4, 0.5) is 0 Å². The normalized spacial score (nSPS) is 12.1. The highest BCUT2D eigenvalue weighted by Crippen LogP contribution is 2.20. The fraction of sp³-hybridized carbons (Fsp3) is 0.217. The molecule has 0 fully saturated rings. The standard InChI is InChI=1S/C23H23N5O3/c1-14-8-10-17(11-9-14)28-16(3)19(12-24-28)15(2)25-21(29)13-27-20-7-5-4-6-18(20)22(30)26-23(27)31/h4-12,15H,13H2,1-3H3,(H,25,29)(H,26,30,31). The number of nitrogens with zero attached hydrogens (tertiary/aromatic N) is 3. The summed E-state index contributed by atoms with van der Waals surface area (Å²) in [6, 6.07) is 14.4. The van der Waals surface area contributed by atoms with Gasteiger partial charge in [-0.25, -0.2) is 9.48 Å². The zero-order chi connectivity index (χ0) is 22.1. The summed E-state index contributed by atoms with van der Waals surface area (Å²) in [5, 5.41) is 7.74. The number of aromatic nitrogens is 4. The second-order valence-electron chi connectivity index (χ2n) is 7.58. The van der Waals surface area contributed by atoms with Crippen molar-refractivity contribution in [2.24, 2.45) is 0 Å². The van der Waals surface area contributed by atoms with Crippen molar-refractivity contribution in [3.8, 4) is 5.69 Å². The lowest BCUT2D eigenvalue weighted by Crippen LogP contribution is -2.37. The van der Waals surface area contributed by atoms with Gasteiger partial charge < -0.3 is 5.32 Å². The molecule has 0 aliphatic heterocycles. The number of hydrogen-bond acceptors (Lipinski definition) is 4. The molecule has 2 aromatic heterocycles. The second kappa shape index (κ2) is 8.06. The van der Waals surface area contributed by atoms with E-state index in [1.807, 2.05) is 49.7 Å². The predicted molar refractivity (Wildman–Crippen MR) is 118 cm³/mol. The monoisotopic (exact) mass is 417 g/mol. The maximum absolute atomic E-state index is 12.7. The molecule has 1 unspecified atom stereocenters. The first-order valence-electron chi connectivity index (χ1n) is 9.98. The molecule has 4 aromatic rings. The van der Waals surface area contributed by atoms with Crippen molar-refractivity contribution in [3.05, 3.63) is 92.4 Å². The van der Waals surface area contributed by atoms with Gasteiger partial charge in [0.05, 0.1) is 28.8 Å². The summed E-state index contributed by atoms with van der Waals surface area (Å²) in [6.07, 6.45) is 1.74. The minimum absolute atomic E-state index is 0.203. The number of amides is 1. The van der Waals surface area contributed by atoms with Crippen molar-refractivity contribution < 1.29 is 4.79 Å². The van der Waals surface area contributed by atoms with Crippen LogP contribution >= 0.6 is 0 Å². The topological polar surface area (TPSA) is 102 Å². The number of hydrogen-bond donors (Lipinski definition) is 2. The fourth-order valence-electron chi connectivity index (χ4n) is 3.70. The number of carbonyl (C=O) groups excluding carboxylic acids is 1. The van der Waals surface area contributed by atoms with Gasteiger partial charge in [0.1, 0.15) is 6.54 Å². The lowest BCUT2D eigenvalue weighted by Gasteiger charge is -2.15. The quantitative estimate of drug-likeness (QED) is 0.520. The van der Waals surface area contributed by atoms with Crippen molar-refractivity contribution in [1.82, 2.24) is 24.6 Å². The SMILES string of the molecule is Cc1ccc(-n2ncc(C(C)NC(=O)Cn3c(=O)[nH]c(=O)c4ccccc43)c2C)cc1. The van der Waals surface area contributed by atoms with E-state index >= 15 is 0 Å². The Labute approximate surface area is 178 Å². The molecule has 2 N–H and O–H groups in total. The molecular weight excluding hydrogens is 394 g/mol. The number of rotatable bonds is 5. The van der Waals surface area contributed by atoms with Gasteiger partial charge in [0.15, 0.2) is 0 Å². The van der Waals surface area contributed by atoms with Gasteiger partial charge in [0.2, 0.25) is 5.91 Å². The lowest BCUT2D eigenvalue weighted by atomic mass is 10.1. The highest BCUT2D eigenvalue weighted by Gasteiger charge is 2.18. The largest absolute Gasteiger partial charge is 0.348 e. The summed E-state index contributed by atoms with van der Waals surface area (Å²) in [6.45, 7) is 5.64. The summed E-state index contributed by atoms with van der Waals surface area (Å²) >= 11 is 0. The van der Waals surface area contributed by atoms with Crippen molar-refractivity contribution in [1.29, 1.82) is 0 Å². The minimum Gasteiger partial charge on any atom is -0.348 e. The number of aryl methyl sites for hydroxylation is 1. The highest BCUT2D eigenvalue weighted by atomic mass is 16.2. The van der Waals surface area contributed by atoms with E-state index in [-0.39, 0.29) is 18.5 Å². The van der Waals surface area contributed by atoms with Crippen LogP contribution in [-0.4, -0.2) is 25.2 Å². The van der Waals surface area contributed by atoms with Gasteiger partial charge in [-0.1, -0.05) is 29.8 Å². The Morgan fingerprint density at radius 3 is 2.55 bits per heavy atom. The number of H-pyrrole nitrogens is 1. The molecule has 2 heterocycles. The predicted octanol–water partition coefficient (Wildman–Crippen LogP) is 2.37. The Kier molecular flexibility index (Phi) is 5.29. The number of fused-ring (bicyclic) bond motifs is 1. The second-order valence-corrected chi connectivity index (χ2v) is 7.58. The molecule has 8 nitrogen and oxygen atoms in total. The molecule has 1 atom stereocenters. The summed E-state index contributed by atoms with van der Waals surface area (Å²) in [5.41, 5.74) is 3.25. The minimum atomic E-state index is -0.616. The summed E-state index contributed by atoms with van der Waals surface area (Å²) in [7, 11) is 0. The van der Waals surface area contributed by atoms with Gasteiger partial charge in [-0.2, -0.15) is 5.10 Å². The molecule has 1 amide bonds. The van der Waals surface area contributed by atoms with Gasteiger partial charge >= 0.3 is 5.69 Å². The molecule has 0 aliphatic carbocycles. The lowest BCUT2D eigenvalue weighted by molar-refractivity contribution is -0.122. The van der Waals surface area contributed by atoms with E-state index in [1.54, 1.807) is 30.5 Å². The van der Waals surface area contributed by atoms with Gasteiger partial charge in [-0.05, 0) is 45.0 Å². The van der Waals surface area contributed by atoms with Gasteiger partial charge in [-0.3, -0.25) is 19.1 Å². The molecule has 0 saturated carbocycles. The highest BCUT2D eigenvalue weighted by molar-refractivity contribution is 5.81. The first-order valence-corrected chi connectivity index (χ1v) is 9.98. The van der Waals surface area contributed by atoms with Crippen molar-refractivity contribution in [3.63, 3.8) is 0 Å². The van der Waals surface area contributed by atoms with Crippen LogP contribution in [0.1, 0.15) is 29.8 Å². The Morgan fingerprint density at radius 2 is 1.81 bits per heavy atom. The summed E-state index contributed by atoms with van der Waals surface area (Å²) < 4.78 is 3.10. The smallest absolute Gasteiger partial charge is 0.329 e. The maximum Gasteiger partial charge on any atom is 0.329 e. The van der Waals surface area contributed by atoms with Crippen LogP contribution in [0.2, 0.25) is 0 Å². The number of nitrogens with one attached hydrogen (secondary N) is 2. The molecule has 31 heavy (non-hydrogen) atoms. The number of benzene rings is 2. The van der Waals surface area contributed by atoms with Crippen LogP contribution in [0, 0.1) is 13.8 Å². The number of carbonyl (C=O) groups is 1. The summed E-state index contributed by atoms with van der Waals surface area (Å²) in [4.78, 5) is 39.3. The van der Waals surface area contributed by atoms with Gasteiger partial charge in [0, 0.05) is 11.3 Å². The average molecular weight is 417 g/mol. The summed E-state index contributed by atoms with van der Waals surface area (Å²) in [5.74, 6) is -0.339. The van der Waals surface area contributed by atoms with E-state index in [0.717, 1.165) is 16.9 Å². The van der Waals surface area contributed by atoms with Crippen LogP contribution in [0.15, 0.2) is 64.3 Å².